The van der Waals surface area contributed by atoms with Crippen LogP contribution in [0.25, 0.3) is 0 Å². The number of carbonyl (C=O) groups excluding carboxylic acids is 1. The number of nitro benzene ring substituents is 1. The van der Waals surface area contributed by atoms with Gasteiger partial charge in [0.1, 0.15) is 12.4 Å². The molecule has 2 N–H and O–H groups in total. The van der Waals surface area contributed by atoms with Crippen molar-refractivity contribution in [2.24, 2.45) is 5.73 Å². The first-order chi connectivity index (χ1) is 12.9. The number of amides is 1. The van der Waals surface area contributed by atoms with E-state index < -0.39 is 19.1 Å². The van der Waals surface area contributed by atoms with Gasteiger partial charge in [-0.3, -0.25) is 14.9 Å². The Hall–Kier alpha value is -2.71. The lowest BCUT2D eigenvalue weighted by molar-refractivity contribution is -0.384. The average molecular weight is 403 g/mol. The molecule has 8 heteroatoms. The van der Waals surface area contributed by atoms with Gasteiger partial charge in [0, 0.05) is 23.3 Å². The van der Waals surface area contributed by atoms with Gasteiger partial charge in [0.15, 0.2) is 0 Å². The lowest BCUT2D eigenvalue weighted by Gasteiger charge is -2.34. The maximum Gasteiger partial charge on any atom is 0.269 e. The zero-order valence-corrected chi connectivity index (χ0v) is 17.8. The van der Waals surface area contributed by atoms with E-state index in [0.717, 1.165) is 10.8 Å². The molecule has 150 valence electrons. The number of nitrogens with two attached hydrogens (primary N) is 1. The topological polar surface area (TPSA) is 105 Å². The van der Waals surface area contributed by atoms with Crippen molar-refractivity contribution >= 4 is 25.1 Å². The van der Waals surface area contributed by atoms with Crippen LogP contribution >= 0.6 is 0 Å². The Balaban J connectivity index is 2.32. The summed E-state index contributed by atoms with van der Waals surface area (Å²) in [6, 6.07) is 11.2. The van der Waals surface area contributed by atoms with Crippen molar-refractivity contribution in [3.05, 3.63) is 63.7 Å². The fourth-order valence-electron chi connectivity index (χ4n) is 3.06. The smallest absolute Gasteiger partial charge is 0.269 e. The Kier molecular flexibility index (Phi) is 6.26. The summed E-state index contributed by atoms with van der Waals surface area (Å²) < 4.78 is 12.2. The van der Waals surface area contributed by atoms with E-state index in [-0.39, 0.29) is 17.9 Å². The molecule has 0 bridgehead atoms. The summed E-state index contributed by atoms with van der Waals surface area (Å²) in [7, 11) is -2.38. The van der Waals surface area contributed by atoms with Crippen LogP contribution in [0.5, 0.6) is 5.75 Å². The average Bonchev–Trinajstić information content (AvgIpc) is 2.58. The van der Waals surface area contributed by atoms with Gasteiger partial charge < -0.3 is 14.9 Å². The third-order valence-corrected chi connectivity index (χ3v) is 6.93. The maximum absolute atomic E-state index is 11.7. The highest BCUT2D eigenvalue weighted by Gasteiger charge is 2.33. The molecule has 0 aliphatic carbocycles. The zero-order valence-electron chi connectivity index (χ0n) is 16.8. The third-order valence-electron chi connectivity index (χ3n) is 4.05. The minimum atomic E-state index is -2.38. The number of nitrogens with zero attached hydrogens (tertiary/aromatic N) is 1. The molecule has 28 heavy (non-hydrogen) atoms. The van der Waals surface area contributed by atoms with E-state index in [1.54, 1.807) is 24.3 Å². The summed E-state index contributed by atoms with van der Waals surface area (Å²) in [6.45, 7) is 10.4. The van der Waals surface area contributed by atoms with Crippen molar-refractivity contribution in [1.82, 2.24) is 0 Å². The minimum absolute atomic E-state index is 0.00553. The third kappa shape index (κ3) is 5.64. The molecule has 0 atom stereocenters. The number of hydrogen-bond donors (Lipinski definition) is 1. The summed E-state index contributed by atoms with van der Waals surface area (Å²) in [5.41, 5.74) is 6.44. The van der Waals surface area contributed by atoms with E-state index in [1.807, 2.05) is 26.8 Å². The van der Waals surface area contributed by atoms with Crippen molar-refractivity contribution in [1.29, 1.82) is 0 Å². The summed E-state index contributed by atoms with van der Waals surface area (Å²) in [5, 5.41) is 11.7. The van der Waals surface area contributed by atoms with Crippen molar-refractivity contribution in [2.75, 3.05) is 0 Å². The van der Waals surface area contributed by atoms with E-state index in [9.17, 15) is 14.9 Å². The molecule has 0 unspecified atom stereocenters. The van der Waals surface area contributed by atoms with E-state index in [1.165, 1.54) is 12.1 Å². The molecule has 2 aromatic carbocycles. The second kappa shape index (κ2) is 8.11. The van der Waals surface area contributed by atoms with Crippen LogP contribution in [-0.4, -0.2) is 24.7 Å². The lowest BCUT2D eigenvalue weighted by Crippen LogP contribution is -2.51. The second-order valence-corrected chi connectivity index (χ2v) is 11.8. The zero-order chi connectivity index (χ0) is 21.1. The molecule has 0 aromatic heterocycles. The predicted molar refractivity (Wildman–Crippen MR) is 110 cm³/mol. The Morgan fingerprint density at radius 3 is 2.25 bits per heavy atom. The van der Waals surface area contributed by atoms with Crippen LogP contribution in [0.15, 0.2) is 42.5 Å². The molecular weight excluding hydrogens is 376 g/mol. The molecule has 1 amide bonds. The van der Waals surface area contributed by atoms with Gasteiger partial charge >= 0.3 is 0 Å². The molecule has 0 heterocycles. The number of primary amides is 1. The van der Waals surface area contributed by atoms with Gasteiger partial charge in [0.2, 0.25) is 14.2 Å². The first-order valence-electron chi connectivity index (χ1n) is 8.90. The van der Waals surface area contributed by atoms with Crippen LogP contribution in [0, 0.1) is 10.1 Å². The summed E-state index contributed by atoms with van der Waals surface area (Å²) in [5.74, 6) is 0.0244. The number of nitro groups is 1. The number of non-ortho nitro benzene ring substituents is 1. The highest BCUT2D eigenvalue weighted by Crippen LogP contribution is 2.21. The SMILES string of the molecule is CC(C)(C)O[Si](C)(C)c1cc(C(N)=O)ccc1COc1ccc([N+](=O)[O-])cc1. The molecule has 2 aromatic rings. The van der Waals surface area contributed by atoms with Crippen molar-refractivity contribution in [3.63, 3.8) is 0 Å². The molecule has 0 aliphatic rings. The molecule has 7 nitrogen and oxygen atoms in total. The number of benzene rings is 2. The number of rotatable bonds is 7. The van der Waals surface area contributed by atoms with Crippen molar-refractivity contribution < 1.29 is 18.9 Å². The standard InChI is InChI=1S/C20H26N2O5Si/c1-20(2,3)27-28(4,5)18-12-14(19(21)23)6-7-15(18)13-26-17-10-8-16(9-11-17)22(24)25/h6-12H,13H2,1-5H3,(H2,21,23). The summed E-state index contributed by atoms with van der Waals surface area (Å²) in [4.78, 5) is 22.0. The highest BCUT2D eigenvalue weighted by molar-refractivity contribution is 6.84. The maximum atomic E-state index is 11.7. The normalized spacial score (nSPS) is 11.9. The molecule has 0 spiro atoms. The first kappa shape index (κ1) is 21.6. The largest absolute Gasteiger partial charge is 0.489 e. The molecular formula is C20H26N2O5Si. The van der Waals surface area contributed by atoms with Crippen LogP contribution < -0.4 is 15.7 Å². The van der Waals surface area contributed by atoms with Gasteiger partial charge in [-0.2, -0.15) is 0 Å². The Labute approximate surface area is 165 Å². The molecule has 2 rings (SSSR count). The second-order valence-electron chi connectivity index (χ2n) is 8.00. The van der Waals surface area contributed by atoms with Crippen LogP contribution in [0.1, 0.15) is 36.7 Å². The van der Waals surface area contributed by atoms with Gasteiger partial charge in [-0.25, -0.2) is 0 Å². The van der Waals surface area contributed by atoms with Crippen LogP contribution in [0.3, 0.4) is 0 Å². The molecule has 0 saturated heterocycles. The van der Waals surface area contributed by atoms with E-state index in [0.29, 0.717) is 11.3 Å². The van der Waals surface area contributed by atoms with Crippen LogP contribution in [-0.2, 0) is 11.0 Å². The predicted octanol–water partition coefficient (Wildman–Crippen LogP) is 3.50. The van der Waals surface area contributed by atoms with E-state index >= 15 is 0 Å². The van der Waals surface area contributed by atoms with E-state index in [2.05, 4.69) is 13.1 Å². The number of ether oxygens (including phenoxy) is 1. The monoisotopic (exact) mass is 402 g/mol. The van der Waals surface area contributed by atoms with Gasteiger partial charge in [0.05, 0.1) is 4.92 Å². The quantitative estimate of drug-likeness (QED) is 0.433. The van der Waals surface area contributed by atoms with Crippen molar-refractivity contribution in [3.8, 4) is 5.75 Å². The fraction of sp³-hybridized carbons (Fsp3) is 0.350. The Bertz CT molecular complexity index is 873. The van der Waals surface area contributed by atoms with E-state index in [4.69, 9.17) is 14.9 Å². The van der Waals surface area contributed by atoms with Crippen LogP contribution in [0.4, 0.5) is 5.69 Å². The van der Waals surface area contributed by atoms with Gasteiger partial charge in [0.25, 0.3) is 5.69 Å². The minimum Gasteiger partial charge on any atom is -0.489 e. The molecule has 0 saturated carbocycles. The molecule has 0 radical (unpaired) electrons. The van der Waals surface area contributed by atoms with Gasteiger partial charge in [-0.05, 0) is 68.9 Å². The number of carbonyl (C=O) groups is 1. The lowest BCUT2D eigenvalue weighted by atomic mass is 10.1. The number of hydrogen-bond acceptors (Lipinski definition) is 5. The highest BCUT2D eigenvalue weighted by atomic mass is 28.4. The molecule has 0 fully saturated rings. The van der Waals surface area contributed by atoms with Gasteiger partial charge in [-0.15, -0.1) is 0 Å². The summed E-state index contributed by atoms with van der Waals surface area (Å²) >= 11 is 0. The summed E-state index contributed by atoms with van der Waals surface area (Å²) in [6.07, 6.45) is 0. The Morgan fingerprint density at radius 1 is 1.14 bits per heavy atom. The fourth-order valence-corrected chi connectivity index (χ4v) is 6.13. The molecule has 0 aliphatic heterocycles. The van der Waals surface area contributed by atoms with Crippen LogP contribution in [0.2, 0.25) is 13.1 Å². The Morgan fingerprint density at radius 2 is 1.75 bits per heavy atom. The van der Waals surface area contributed by atoms with Gasteiger partial charge in [-0.1, -0.05) is 6.07 Å². The van der Waals surface area contributed by atoms with Crippen molar-refractivity contribution in [2.45, 2.75) is 46.1 Å². The first-order valence-corrected chi connectivity index (χ1v) is 11.8.